The second-order valence-electron chi connectivity index (χ2n) is 10.6. The maximum atomic E-state index is 14.2. The second kappa shape index (κ2) is 13.8. The summed E-state index contributed by atoms with van der Waals surface area (Å²) in [7, 11) is 0. The number of carbonyl (C=O) groups is 2. The quantitative estimate of drug-likeness (QED) is 0.166. The van der Waals surface area contributed by atoms with Crippen molar-refractivity contribution in [1.29, 1.82) is 0 Å². The van der Waals surface area contributed by atoms with Crippen LogP contribution in [-0.2, 0) is 16.9 Å². The van der Waals surface area contributed by atoms with Crippen molar-refractivity contribution in [3.05, 3.63) is 65.1 Å². The molecule has 0 fully saturated rings. The molecule has 0 radical (unpaired) electrons. The number of ether oxygens (including phenoxy) is 3. The minimum absolute atomic E-state index is 0.00963. The van der Waals surface area contributed by atoms with E-state index < -0.39 is 41.3 Å². The first-order chi connectivity index (χ1) is 20.2. The molecule has 43 heavy (non-hydrogen) atoms. The van der Waals surface area contributed by atoms with Gasteiger partial charge in [-0.2, -0.15) is 8.78 Å². The summed E-state index contributed by atoms with van der Waals surface area (Å²) in [4.78, 5) is 29.7. The first-order valence-corrected chi connectivity index (χ1v) is 13.2. The summed E-state index contributed by atoms with van der Waals surface area (Å²) < 4.78 is 75.2. The lowest BCUT2D eigenvalue weighted by atomic mass is 9.75. The number of aromatic nitrogens is 1. The molecule has 1 unspecified atom stereocenters. The van der Waals surface area contributed by atoms with Gasteiger partial charge < -0.3 is 34.8 Å². The lowest BCUT2D eigenvalue weighted by molar-refractivity contribution is -0.0707. The van der Waals surface area contributed by atoms with Gasteiger partial charge in [-0.25, -0.2) is 18.6 Å². The van der Waals surface area contributed by atoms with Gasteiger partial charge in [0.15, 0.2) is 28.6 Å². The van der Waals surface area contributed by atoms with Crippen LogP contribution >= 0.6 is 0 Å². The molecule has 3 rings (SSSR count). The number of benzene rings is 2. The second-order valence-corrected chi connectivity index (χ2v) is 10.6. The third-order valence-electron chi connectivity index (χ3n) is 6.68. The van der Waals surface area contributed by atoms with Crippen molar-refractivity contribution in [2.24, 2.45) is 11.1 Å². The third-order valence-corrected chi connectivity index (χ3v) is 6.68. The molecule has 1 atom stereocenters. The van der Waals surface area contributed by atoms with Crippen LogP contribution in [0.3, 0.4) is 0 Å². The molecule has 10 nitrogen and oxygen atoms in total. The molecule has 1 heterocycles. The molecule has 0 aliphatic carbocycles. The van der Waals surface area contributed by atoms with Gasteiger partial charge in [0.05, 0.1) is 6.61 Å². The molecule has 0 saturated carbocycles. The molecular weight excluding hydrogens is 578 g/mol. The van der Waals surface area contributed by atoms with E-state index in [1.807, 2.05) is 0 Å². The van der Waals surface area contributed by atoms with Crippen molar-refractivity contribution in [2.45, 2.75) is 59.3 Å². The Hall–Kier alpha value is -4.33. The number of nitrogens with zero attached hydrogens (tertiary/aromatic N) is 1. The summed E-state index contributed by atoms with van der Waals surface area (Å²) in [6, 6.07) is 6.72. The van der Waals surface area contributed by atoms with Crippen LogP contribution in [-0.4, -0.2) is 41.9 Å². The van der Waals surface area contributed by atoms with E-state index in [0.717, 1.165) is 6.07 Å². The summed E-state index contributed by atoms with van der Waals surface area (Å²) >= 11 is 0. The number of nitrogens with one attached hydrogen (secondary N) is 1. The van der Waals surface area contributed by atoms with Crippen molar-refractivity contribution >= 4 is 12.0 Å². The number of aliphatic hydroxyl groups is 1. The molecule has 3 aromatic rings. The normalized spacial score (nSPS) is 13.0. The predicted octanol–water partition coefficient (Wildman–Crippen LogP) is 5.66. The fourth-order valence-corrected chi connectivity index (χ4v) is 3.93. The number of alkyl halides is 2. The van der Waals surface area contributed by atoms with E-state index in [1.165, 1.54) is 31.2 Å². The number of aliphatic hydroxyl groups excluding tert-OH is 1. The minimum atomic E-state index is -3.14. The molecule has 4 N–H and O–H groups in total. The van der Waals surface area contributed by atoms with E-state index >= 15 is 0 Å². The molecule has 2 aromatic carbocycles. The first-order valence-electron chi connectivity index (χ1n) is 13.2. The molecule has 1 aromatic heterocycles. The van der Waals surface area contributed by atoms with Crippen LogP contribution in [0.1, 0.15) is 62.3 Å². The number of rotatable bonds is 13. The van der Waals surface area contributed by atoms with Crippen LogP contribution in [0.25, 0.3) is 11.5 Å². The Morgan fingerprint density at radius 1 is 1.07 bits per heavy atom. The number of hydrogen-bond donors (Lipinski definition) is 3. The Morgan fingerprint density at radius 2 is 1.79 bits per heavy atom. The standard InChI is InChI=1S/C29H33F4N3O7/c1-28(2,3)29(4,43-27(34)39)23-22(24(38)35-15-17-7-9-18(30)14-19(17)31)36-25(42-23)16-8-10-20(41-26(32)33)21(13-16)40-12-6-5-11-37/h7-10,13-14,26,37H,5-6,11-12,15H2,1-4H3,(H2,34,39)(H,35,38). The zero-order chi connectivity index (χ0) is 31.9. The van der Waals surface area contributed by atoms with E-state index in [0.29, 0.717) is 18.9 Å². The fraction of sp³-hybridized carbons (Fsp3) is 0.414. The van der Waals surface area contributed by atoms with E-state index in [9.17, 15) is 27.2 Å². The Balaban J connectivity index is 2.10. The molecule has 14 heteroatoms. The van der Waals surface area contributed by atoms with Crippen LogP contribution in [0.5, 0.6) is 11.5 Å². The summed E-state index contributed by atoms with van der Waals surface area (Å²) in [6.07, 6.45) is -0.327. The van der Waals surface area contributed by atoms with E-state index in [4.69, 9.17) is 24.7 Å². The summed E-state index contributed by atoms with van der Waals surface area (Å²) in [5, 5.41) is 11.5. The van der Waals surface area contributed by atoms with Gasteiger partial charge in [-0.1, -0.05) is 26.8 Å². The Bertz CT molecular complexity index is 1440. The molecule has 0 aliphatic rings. The van der Waals surface area contributed by atoms with Crippen molar-refractivity contribution in [3.8, 4) is 23.0 Å². The van der Waals surface area contributed by atoms with E-state index in [-0.39, 0.29) is 59.7 Å². The summed E-state index contributed by atoms with van der Waals surface area (Å²) in [5.41, 5.74) is 2.60. The molecule has 0 saturated heterocycles. The topological polar surface area (TPSA) is 146 Å². The number of amides is 2. The van der Waals surface area contributed by atoms with Gasteiger partial charge in [0.25, 0.3) is 5.91 Å². The van der Waals surface area contributed by atoms with Crippen molar-refractivity contribution in [1.82, 2.24) is 10.3 Å². The molecule has 0 aliphatic heterocycles. The molecule has 2 amide bonds. The molecular formula is C29H33F4N3O7. The van der Waals surface area contributed by atoms with Gasteiger partial charge in [0.1, 0.15) is 11.6 Å². The largest absolute Gasteiger partial charge is 0.490 e. The van der Waals surface area contributed by atoms with Gasteiger partial charge in [-0.15, -0.1) is 0 Å². The average molecular weight is 612 g/mol. The van der Waals surface area contributed by atoms with Gasteiger partial charge in [-0.05, 0) is 44.0 Å². The molecule has 234 valence electrons. The van der Waals surface area contributed by atoms with Crippen LogP contribution in [0.2, 0.25) is 0 Å². The zero-order valence-electron chi connectivity index (χ0n) is 24.0. The highest BCUT2D eigenvalue weighted by molar-refractivity contribution is 5.94. The van der Waals surface area contributed by atoms with Crippen molar-refractivity contribution in [2.75, 3.05) is 13.2 Å². The summed E-state index contributed by atoms with van der Waals surface area (Å²) in [6.45, 7) is 3.06. The number of oxazole rings is 1. The molecule has 0 spiro atoms. The average Bonchev–Trinajstić information content (AvgIpc) is 3.36. The smallest absolute Gasteiger partial charge is 0.405 e. The first kappa shape index (κ1) is 33.2. The number of nitrogens with two attached hydrogens (primary N) is 1. The number of hydrogen-bond acceptors (Lipinski definition) is 8. The maximum absolute atomic E-state index is 14.2. The monoisotopic (exact) mass is 611 g/mol. The number of halogens is 4. The van der Waals surface area contributed by atoms with Crippen LogP contribution in [0.4, 0.5) is 22.4 Å². The number of primary amides is 1. The van der Waals surface area contributed by atoms with E-state index in [1.54, 1.807) is 20.8 Å². The minimum Gasteiger partial charge on any atom is -0.490 e. The van der Waals surface area contributed by atoms with Gasteiger partial charge in [-0.3, -0.25) is 4.79 Å². The van der Waals surface area contributed by atoms with Crippen LogP contribution in [0, 0.1) is 17.0 Å². The fourth-order valence-electron chi connectivity index (χ4n) is 3.93. The molecule has 0 bridgehead atoms. The highest BCUT2D eigenvalue weighted by Crippen LogP contribution is 2.45. The highest BCUT2D eigenvalue weighted by Gasteiger charge is 2.49. The van der Waals surface area contributed by atoms with Crippen molar-refractivity contribution < 1.29 is 50.9 Å². The zero-order valence-corrected chi connectivity index (χ0v) is 24.0. The Morgan fingerprint density at radius 3 is 2.40 bits per heavy atom. The van der Waals surface area contributed by atoms with Gasteiger partial charge >= 0.3 is 12.7 Å². The maximum Gasteiger partial charge on any atom is 0.405 e. The lowest BCUT2D eigenvalue weighted by Crippen LogP contribution is -2.44. The van der Waals surface area contributed by atoms with Crippen LogP contribution < -0.4 is 20.5 Å². The summed E-state index contributed by atoms with van der Waals surface area (Å²) in [5.74, 6) is -3.26. The Kier molecular flexibility index (Phi) is 10.6. The van der Waals surface area contributed by atoms with Crippen molar-refractivity contribution in [3.63, 3.8) is 0 Å². The van der Waals surface area contributed by atoms with Crippen LogP contribution in [0.15, 0.2) is 40.8 Å². The number of carbonyl (C=O) groups excluding carboxylic acids is 2. The van der Waals surface area contributed by atoms with E-state index in [2.05, 4.69) is 15.0 Å². The Labute approximate surface area is 245 Å². The SMILES string of the molecule is CC(C)(C)C(C)(OC(N)=O)c1oc(-c2ccc(OC(F)F)c(OCCCCO)c2)nc1C(=O)NCc1ccc(F)cc1F. The third kappa shape index (κ3) is 8.15. The van der Waals surface area contributed by atoms with Gasteiger partial charge in [0, 0.05) is 35.8 Å². The van der Waals surface area contributed by atoms with Gasteiger partial charge in [0.2, 0.25) is 5.89 Å². The lowest BCUT2D eigenvalue weighted by Gasteiger charge is -2.38. The highest BCUT2D eigenvalue weighted by atomic mass is 19.3. The predicted molar refractivity (Wildman–Crippen MR) is 145 cm³/mol. The number of unbranched alkanes of at least 4 members (excludes halogenated alkanes) is 1.